The molecular weight excluding hydrogens is 349 g/mol. The number of aliphatic hydroxyl groups excluding tert-OH is 1. The quantitative estimate of drug-likeness (QED) is 0.653. The average Bonchev–Trinajstić information content (AvgIpc) is 2.42. The summed E-state index contributed by atoms with van der Waals surface area (Å²) >= 11 is 2.30. The van der Waals surface area contributed by atoms with E-state index >= 15 is 0 Å². The molecule has 108 valence electrons. The fourth-order valence-corrected chi connectivity index (χ4v) is 2.89. The van der Waals surface area contributed by atoms with Crippen LogP contribution in [0.4, 0.5) is 0 Å². The maximum Gasteiger partial charge on any atom is 0.0927 e. The predicted octanol–water partition coefficient (Wildman–Crippen LogP) is 4.23. The van der Waals surface area contributed by atoms with Gasteiger partial charge < -0.3 is 10.0 Å². The summed E-state index contributed by atoms with van der Waals surface area (Å²) < 4.78 is 1.15. The molecule has 0 aliphatic carbocycles. The molecule has 0 amide bonds. The number of hydrogen-bond donors (Lipinski definition) is 1. The molecule has 2 nitrogen and oxygen atoms in total. The topological polar surface area (TPSA) is 23.5 Å². The van der Waals surface area contributed by atoms with E-state index in [9.17, 15) is 5.11 Å². The Morgan fingerprint density at radius 1 is 1.11 bits per heavy atom. The first kappa shape index (κ1) is 16.9. The maximum atomic E-state index is 10.4. The van der Waals surface area contributed by atoms with E-state index in [4.69, 9.17) is 0 Å². The second-order valence-electron chi connectivity index (χ2n) is 5.05. The zero-order valence-electron chi connectivity index (χ0n) is 12.1. The highest BCUT2D eigenvalue weighted by atomic mass is 127. The largest absolute Gasteiger partial charge is 0.387 e. The van der Waals surface area contributed by atoms with Gasteiger partial charge in [0.2, 0.25) is 0 Å². The van der Waals surface area contributed by atoms with Crippen LogP contribution in [0.1, 0.15) is 51.2 Å². The van der Waals surface area contributed by atoms with E-state index in [1.165, 1.54) is 25.7 Å². The van der Waals surface area contributed by atoms with Crippen LogP contribution in [0.3, 0.4) is 0 Å². The van der Waals surface area contributed by atoms with Crippen LogP contribution in [0.15, 0.2) is 24.3 Å². The van der Waals surface area contributed by atoms with Gasteiger partial charge in [0.25, 0.3) is 0 Å². The second kappa shape index (κ2) is 9.72. The monoisotopic (exact) mass is 375 g/mol. The van der Waals surface area contributed by atoms with Crippen LogP contribution in [0.5, 0.6) is 0 Å². The second-order valence-corrected chi connectivity index (χ2v) is 6.21. The molecule has 0 spiro atoms. The van der Waals surface area contributed by atoms with Crippen molar-refractivity contribution in [3.8, 4) is 0 Å². The molecule has 1 aromatic rings. The van der Waals surface area contributed by atoms with Crippen molar-refractivity contribution in [2.45, 2.75) is 45.6 Å². The SMILES string of the molecule is CCCCN(CCCC)CC(O)c1ccccc1I. The lowest BCUT2D eigenvalue weighted by Gasteiger charge is -2.25. The number of rotatable bonds is 9. The third-order valence-corrected chi connectivity index (χ3v) is 4.33. The van der Waals surface area contributed by atoms with Crippen molar-refractivity contribution in [3.05, 3.63) is 33.4 Å². The molecule has 0 heterocycles. The van der Waals surface area contributed by atoms with Crippen molar-refractivity contribution in [2.75, 3.05) is 19.6 Å². The van der Waals surface area contributed by atoms with Gasteiger partial charge in [0.05, 0.1) is 6.10 Å². The number of halogens is 1. The van der Waals surface area contributed by atoms with E-state index in [2.05, 4.69) is 47.4 Å². The highest BCUT2D eigenvalue weighted by molar-refractivity contribution is 14.1. The highest BCUT2D eigenvalue weighted by Crippen LogP contribution is 2.21. The Morgan fingerprint density at radius 2 is 1.68 bits per heavy atom. The van der Waals surface area contributed by atoms with E-state index in [-0.39, 0.29) is 6.10 Å². The Hall–Kier alpha value is -0.130. The first-order chi connectivity index (χ1) is 9.19. The van der Waals surface area contributed by atoms with Crippen LogP contribution >= 0.6 is 22.6 Å². The maximum absolute atomic E-state index is 10.4. The summed E-state index contributed by atoms with van der Waals surface area (Å²) in [4.78, 5) is 2.40. The molecule has 1 aromatic carbocycles. The Morgan fingerprint density at radius 3 is 2.21 bits per heavy atom. The van der Waals surface area contributed by atoms with Gasteiger partial charge in [-0.25, -0.2) is 0 Å². The van der Waals surface area contributed by atoms with Crippen LogP contribution in [-0.4, -0.2) is 29.6 Å². The van der Waals surface area contributed by atoms with Gasteiger partial charge >= 0.3 is 0 Å². The number of unbranched alkanes of at least 4 members (excludes halogenated alkanes) is 2. The summed E-state index contributed by atoms with van der Waals surface area (Å²) in [6.45, 7) is 7.37. The molecule has 0 aromatic heterocycles. The lowest BCUT2D eigenvalue weighted by molar-refractivity contribution is 0.110. The molecule has 0 aliphatic rings. The lowest BCUT2D eigenvalue weighted by atomic mass is 10.1. The zero-order chi connectivity index (χ0) is 14.1. The van der Waals surface area contributed by atoms with Crippen LogP contribution in [0.2, 0.25) is 0 Å². The van der Waals surface area contributed by atoms with E-state index in [1.807, 2.05) is 18.2 Å². The Bertz CT molecular complexity index is 348. The molecule has 0 saturated carbocycles. The lowest BCUT2D eigenvalue weighted by Crippen LogP contribution is -2.31. The summed E-state index contributed by atoms with van der Waals surface area (Å²) in [6, 6.07) is 8.11. The van der Waals surface area contributed by atoms with Gasteiger partial charge in [-0.3, -0.25) is 0 Å². The van der Waals surface area contributed by atoms with E-state index in [0.29, 0.717) is 0 Å². The Labute approximate surface area is 131 Å². The minimum absolute atomic E-state index is 0.373. The van der Waals surface area contributed by atoms with Crippen molar-refractivity contribution >= 4 is 22.6 Å². The number of hydrogen-bond acceptors (Lipinski definition) is 2. The van der Waals surface area contributed by atoms with Gasteiger partial charge in [-0.2, -0.15) is 0 Å². The summed E-state index contributed by atoms with van der Waals surface area (Å²) in [5.74, 6) is 0. The third kappa shape index (κ3) is 6.23. The fourth-order valence-electron chi connectivity index (χ4n) is 2.15. The highest BCUT2D eigenvalue weighted by Gasteiger charge is 2.14. The normalized spacial score (nSPS) is 12.9. The van der Waals surface area contributed by atoms with Gasteiger partial charge in [0, 0.05) is 10.1 Å². The van der Waals surface area contributed by atoms with Crippen LogP contribution in [-0.2, 0) is 0 Å². The summed E-state index contributed by atoms with van der Waals surface area (Å²) in [5.41, 5.74) is 1.06. The standard InChI is InChI=1S/C16H26INO/c1-3-5-11-18(12-6-4-2)13-16(19)14-9-7-8-10-15(14)17/h7-10,16,19H,3-6,11-13H2,1-2H3. The summed E-state index contributed by atoms with van der Waals surface area (Å²) in [7, 11) is 0. The van der Waals surface area contributed by atoms with Gasteiger partial charge in [0.1, 0.15) is 0 Å². The van der Waals surface area contributed by atoms with Gasteiger partial charge in [0.15, 0.2) is 0 Å². The van der Waals surface area contributed by atoms with Crippen molar-refractivity contribution < 1.29 is 5.11 Å². The molecule has 1 atom stereocenters. The minimum atomic E-state index is -0.373. The summed E-state index contributed by atoms with van der Waals surface area (Å²) in [6.07, 6.45) is 4.47. The van der Waals surface area contributed by atoms with Crippen LogP contribution < -0.4 is 0 Å². The minimum Gasteiger partial charge on any atom is -0.387 e. The molecule has 0 bridgehead atoms. The Kier molecular flexibility index (Phi) is 8.66. The van der Waals surface area contributed by atoms with Crippen LogP contribution in [0, 0.1) is 3.57 Å². The van der Waals surface area contributed by atoms with E-state index < -0.39 is 0 Å². The third-order valence-electron chi connectivity index (χ3n) is 3.35. The molecule has 0 fully saturated rings. The first-order valence-corrected chi connectivity index (χ1v) is 8.41. The molecule has 1 rings (SSSR count). The number of nitrogens with zero attached hydrogens (tertiary/aromatic N) is 1. The predicted molar refractivity (Wildman–Crippen MR) is 90.4 cm³/mol. The van der Waals surface area contributed by atoms with Crippen molar-refractivity contribution in [2.24, 2.45) is 0 Å². The molecule has 1 N–H and O–H groups in total. The van der Waals surface area contributed by atoms with Crippen LogP contribution in [0.25, 0.3) is 0 Å². The van der Waals surface area contributed by atoms with Gasteiger partial charge in [-0.1, -0.05) is 44.9 Å². The van der Waals surface area contributed by atoms with Crippen molar-refractivity contribution in [1.29, 1.82) is 0 Å². The zero-order valence-corrected chi connectivity index (χ0v) is 14.3. The molecule has 0 aliphatic heterocycles. The van der Waals surface area contributed by atoms with Gasteiger partial charge in [-0.05, 0) is 60.2 Å². The van der Waals surface area contributed by atoms with E-state index in [0.717, 1.165) is 28.8 Å². The number of aliphatic hydroxyl groups is 1. The number of benzene rings is 1. The molecule has 3 heteroatoms. The van der Waals surface area contributed by atoms with Gasteiger partial charge in [-0.15, -0.1) is 0 Å². The molecule has 19 heavy (non-hydrogen) atoms. The molecule has 1 unspecified atom stereocenters. The average molecular weight is 375 g/mol. The molecule has 0 saturated heterocycles. The fraction of sp³-hybridized carbons (Fsp3) is 0.625. The first-order valence-electron chi connectivity index (χ1n) is 7.33. The smallest absolute Gasteiger partial charge is 0.0927 e. The Balaban J connectivity index is 2.59. The molecular formula is C16H26INO. The summed E-state index contributed by atoms with van der Waals surface area (Å²) in [5, 5.41) is 10.4. The molecule has 0 radical (unpaired) electrons. The van der Waals surface area contributed by atoms with Crippen molar-refractivity contribution in [3.63, 3.8) is 0 Å². The van der Waals surface area contributed by atoms with Crippen molar-refractivity contribution in [1.82, 2.24) is 4.90 Å². The van der Waals surface area contributed by atoms with E-state index in [1.54, 1.807) is 0 Å².